The highest BCUT2D eigenvalue weighted by Gasteiger charge is 2.32. The fourth-order valence-corrected chi connectivity index (χ4v) is 6.21. The van der Waals surface area contributed by atoms with Crippen LogP contribution < -0.4 is 0 Å². The molecule has 1 saturated heterocycles. The molecule has 0 aliphatic carbocycles. The molecule has 0 spiro atoms. The number of ether oxygens (including phenoxy) is 1. The number of unbranched alkanes of at least 4 members (excludes halogenated alkanes) is 26. The Kier molecular flexibility index (Phi) is 28.8. The van der Waals surface area contributed by atoms with Gasteiger partial charge in [0.25, 0.3) is 0 Å². The molecule has 6 heteroatoms. The van der Waals surface area contributed by atoms with Crippen molar-refractivity contribution in [3.05, 3.63) is 0 Å². The third-order valence-electron chi connectivity index (χ3n) is 9.37. The van der Waals surface area contributed by atoms with Crippen LogP contribution in [0.2, 0.25) is 0 Å². The van der Waals surface area contributed by atoms with Gasteiger partial charge < -0.3 is 4.74 Å². The Labute approximate surface area is 277 Å². The average molecular weight is 637 g/mol. The lowest BCUT2D eigenvalue weighted by atomic mass is 9.96. The van der Waals surface area contributed by atoms with Crippen LogP contribution in [0.1, 0.15) is 213 Å². The lowest BCUT2D eigenvalue weighted by molar-refractivity contribution is -0.260. The summed E-state index contributed by atoms with van der Waals surface area (Å²) in [6.45, 7) is 5.19. The molecule has 1 aliphatic rings. The Morgan fingerprint density at radius 3 is 1.27 bits per heavy atom. The first-order chi connectivity index (χ1) is 22.1. The van der Waals surface area contributed by atoms with E-state index in [0.29, 0.717) is 25.9 Å². The van der Waals surface area contributed by atoms with Crippen LogP contribution in [-0.4, -0.2) is 30.4 Å². The molecule has 1 heterocycles. The van der Waals surface area contributed by atoms with Gasteiger partial charge in [-0.05, 0) is 19.3 Å². The Bertz CT molecular complexity index is 704. The molecule has 0 amide bonds. The number of rotatable bonds is 34. The van der Waals surface area contributed by atoms with Crippen molar-refractivity contribution < 1.29 is 28.9 Å². The molecule has 0 aromatic rings. The minimum Gasteiger partial charge on any atom is -0.373 e. The lowest BCUT2D eigenvalue weighted by Crippen LogP contribution is -2.24. The molecule has 45 heavy (non-hydrogen) atoms. The molecule has 0 aromatic carbocycles. The minimum atomic E-state index is -1.06. The van der Waals surface area contributed by atoms with E-state index in [1.165, 1.54) is 148 Å². The summed E-state index contributed by atoms with van der Waals surface area (Å²) in [5.74, 6) is -2.59. The highest BCUT2D eigenvalue weighted by atomic mass is 17.2. The molecular weight excluding hydrogens is 564 g/mol. The number of hydrogen-bond donors (Lipinski definition) is 0. The summed E-state index contributed by atoms with van der Waals surface area (Å²) < 4.78 is 5.32. The van der Waals surface area contributed by atoms with Gasteiger partial charge in [-0.3, -0.25) is 4.79 Å². The number of ketones is 1. The summed E-state index contributed by atoms with van der Waals surface area (Å²) in [6, 6.07) is 0. The summed E-state index contributed by atoms with van der Waals surface area (Å²) in [5.41, 5.74) is 0. The first-order valence-electron chi connectivity index (χ1n) is 19.7. The summed E-state index contributed by atoms with van der Waals surface area (Å²) in [5, 5.41) is 0. The topological polar surface area (TPSA) is 82.2 Å². The van der Waals surface area contributed by atoms with E-state index < -0.39 is 17.7 Å². The van der Waals surface area contributed by atoms with Gasteiger partial charge in [-0.25, -0.2) is 19.4 Å². The number of carbonyl (C=O) groups excluding carboxylic acids is 3. The highest BCUT2D eigenvalue weighted by molar-refractivity contribution is 6.33. The predicted octanol–water partition coefficient (Wildman–Crippen LogP) is 11.7. The molecule has 0 aromatic heterocycles. The van der Waals surface area contributed by atoms with Crippen LogP contribution in [0.5, 0.6) is 0 Å². The largest absolute Gasteiger partial charge is 0.421 e. The SMILES string of the molecule is CCCCCCCCCCCCCCCCC(=O)C(=O)OOC(=O)C(CCCCCCCCCCCCCCCC)CC1CO1. The molecular formula is C39H72O6. The van der Waals surface area contributed by atoms with Gasteiger partial charge in [-0.15, -0.1) is 0 Å². The Morgan fingerprint density at radius 2 is 0.889 bits per heavy atom. The van der Waals surface area contributed by atoms with Crippen molar-refractivity contribution in [2.45, 2.75) is 219 Å². The summed E-state index contributed by atoms with van der Waals surface area (Å²) in [4.78, 5) is 46.4. The van der Waals surface area contributed by atoms with Gasteiger partial charge in [0.1, 0.15) is 0 Å². The van der Waals surface area contributed by atoms with Crippen LogP contribution in [0.3, 0.4) is 0 Å². The number of hydrogen-bond acceptors (Lipinski definition) is 6. The van der Waals surface area contributed by atoms with Crippen molar-refractivity contribution in [1.29, 1.82) is 0 Å². The summed E-state index contributed by atoms with van der Waals surface area (Å²) >= 11 is 0. The summed E-state index contributed by atoms with van der Waals surface area (Å²) in [6.07, 6.45) is 36.8. The molecule has 0 N–H and O–H groups in total. The van der Waals surface area contributed by atoms with E-state index in [1.54, 1.807) is 0 Å². The maximum Gasteiger partial charge on any atom is 0.421 e. The molecule has 2 atom stereocenters. The van der Waals surface area contributed by atoms with E-state index in [-0.39, 0.29) is 18.4 Å². The van der Waals surface area contributed by atoms with E-state index in [4.69, 9.17) is 9.62 Å². The van der Waals surface area contributed by atoms with Gasteiger partial charge in [-0.2, -0.15) is 0 Å². The molecule has 1 rings (SSSR count). The van der Waals surface area contributed by atoms with Crippen LogP contribution in [0.25, 0.3) is 0 Å². The first-order valence-corrected chi connectivity index (χ1v) is 19.7. The first kappa shape index (κ1) is 41.6. The van der Waals surface area contributed by atoms with Crippen LogP contribution in [0.4, 0.5) is 0 Å². The number of epoxide rings is 1. The smallest absolute Gasteiger partial charge is 0.373 e. The molecule has 6 nitrogen and oxygen atoms in total. The van der Waals surface area contributed by atoms with E-state index in [2.05, 4.69) is 18.7 Å². The predicted molar refractivity (Wildman–Crippen MR) is 185 cm³/mol. The highest BCUT2D eigenvalue weighted by Crippen LogP contribution is 2.25. The molecule has 1 fully saturated rings. The number of carbonyl (C=O) groups is 3. The molecule has 264 valence electrons. The summed E-state index contributed by atoms with van der Waals surface area (Å²) in [7, 11) is 0. The third kappa shape index (κ3) is 27.4. The fraction of sp³-hybridized carbons (Fsp3) is 0.923. The monoisotopic (exact) mass is 637 g/mol. The Balaban J connectivity index is 2.01. The Hall–Kier alpha value is -1.43. The van der Waals surface area contributed by atoms with Crippen molar-refractivity contribution in [3.63, 3.8) is 0 Å². The Morgan fingerprint density at radius 1 is 0.533 bits per heavy atom. The second-order valence-electron chi connectivity index (χ2n) is 13.8. The van der Waals surface area contributed by atoms with E-state index >= 15 is 0 Å². The van der Waals surface area contributed by atoms with Crippen LogP contribution in [-0.2, 0) is 28.9 Å². The van der Waals surface area contributed by atoms with E-state index in [1.807, 2.05) is 0 Å². The maximum atomic E-state index is 12.6. The molecule has 0 radical (unpaired) electrons. The average Bonchev–Trinajstić information content (AvgIpc) is 3.87. The zero-order chi connectivity index (χ0) is 32.6. The number of Topliss-reactive ketones (excluding diaryl/α,β-unsaturated/α-hetero) is 1. The van der Waals surface area contributed by atoms with Crippen molar-refractivity contribution in [2.75, 3.05) is 6.61 Å². The van der Waals surface area contributed by atoms with Crippen molar-refractivity contribution >= 4 is 17.7 Å². The van der Waals surface area contributed by atoms with Gasteiger partial charge in [0, 0.05) is 6.42 Å². The molecule has 0 saturated carbocycles. The van der Waals surface area contributed by atoms with Gasteiger partial charge in [0.15, 0.2) is 0 Å². The van der Waals surface area contributed by atoms with Crippen molar-refractivity contribution in [3.8, 4) is 0 Å². The van der Waals surface area contributed by atoms with Crippen molar-refractivity contribution in [2.24, 2.45) is 5.92 Å². The van der Waals surface area contributed by atoms with Gasteiger partial charge in [-0.1, -0.05) is 187 Å². The van der Waals surface area contributed by atoms with Crippen LogP contribution >= 0.6 is 0 Å². The molecule has 0 bridgehead atoms. The second-order valence-corrected chi connectivity index (χ2v) is 13.8. The van der Waals surface area contributed by atoms with Gasteiger partial charge in [0.2, 0.25) is 5.78 Å². The zero-order valence-corrected chi connectivity index (χ0v) is 29.7. The standard InChI is InChI=1S/C39H72O6/c1-3-5-7-9-11-13-15-17-19-21-23-25-27-29-31-35(33-36-34-43-36)38(41)44-45-39(42)37(40)32-30-28-26-24-22-20-18-16-14-12-10-8-6-4-2/h35-36H,3-34H2,1-2H3. The second kappa shape index (κ2) is 31.2. The van der Waals surface area contributed by atoms with Gasteiger partial charge in [0.05, 0.1) is 18.6 Å². The van der Waals surface area contributed by atoms with Crippen LogP contribution in [0.15, 0.2) is 0 Å². The van der Waals surface area contributed by atoms with E-state index in [0.717, 1.165) is 25.7 Å². The van der Waals surface area contributed by atoms with E-state index in [9.17, 15) is 14.4 Å². The lowest BCUT2D eigenvalue weighted by Gasteiger charge is -2.13. The van der Waals surface area contributed by atoms with Gasteiger partial charge >= 0.3 is 11.9 Å². The van der Waals surface area contributed by atoms with Crippen LogP contribution in [0, 0.1) is 5.92 Å². The molecule has 2 unspecified atom stereocenters. The fourth-order valence-electron chi connectivity index (χ4n) is 6.21. The maximum absolute atomic E-state index is 12.6. The van der Waals surface area contributed by atoms with Crippen molar-refractivity contribution in [1.82, 2.24) is 0 Å². The third-order valence-corrected chi connectivity index (χ3v) is 9.37. The molecule has 1 aliphatic heterocycles. The minimum absolute atomic E-state index is 0.0897. The normalized spacial score (nSPS) is 14.8. The zero-order valence-electron chi connectivity index (χ0n) is 29.7. The quantitative estimate of drug-likeness (QED) is 0.0230.